The summed E-state index contributed by atoms with van der Waals surface area (Å²) in [6.07, 6.45) is 6.44. The number of rotatable bonds is 3. The number of thioether (sulfide) groups is 2. The molecule has 0 unspecified atom stereocenters. The molecule has 0 aliphatic rings. The van der Waals surface area contributed by atoms with Crippen molar-refractivity contribution in [2.24, 2.45) is 0 Å². The molecular weight excluding hydrogens is 192 g/mol. The Labute approximate surface area is 80.1 Å². The maximum atomic E-state index is 2.22. The van der Waals surface area contributed by atoms with Gasteiger partial charge < -0.3 is 0 Å². The van der Waals surface area contributed by atoms with Crippen LogP contribution in [-0.2, 0) is 0 Å². The van der Waals surface area contributed by atoms with Crippen molar-refractivity contribution < 1.29 is 0 Å². The van der Waals surface area contributed by atoms with Gasteiger partial charge in [-0.05, 0) is 30.0 Å². The van der Waals surface area contributed by atoms with E-state index in [9.17, 15) is 0 Å². The van der Waals surface area contributed by atoms with E-state index in [4.69, 9.17) is 0 Å². The molecule has 0 aromatic carbocycles. The molecule has 0 spiro atoms. The first-order chi connectivity index (χ1) is 5.36. The van der Waals surface area contributed by atoms with E-state index in [2.05, 4.69) is 36.1 Å². The van der Waals surface area contributed by atoms with Gasteiger partial charge in [0.1, 0.15) is 0 Å². The smallest absolute Gasteiger partial charge is 0.0409 e. The molecule has 0 saturated heterocycles. The van der Waals surface area contributed by atoms with E-state index < -0.39 is 0 Å². The third-order valence-corrected chi connectivity index (χ3v) is 4.07. The maximum absolute atomic E-state index is 2.22. The van der Waals surface area contributed by atoms with E-state index in [1.54, 1.807) is 34.9 Å². The highest BCUT2D eigenvalue weighted by molar-refractivity contribution is 8.21. The summed E-state index contributed by atoms with van der Waals surface area (Å²) in [5.41, 5.74) is 0. The Kier molecular flexibility index (Phi) is 4.12. The Morgan fingerprint density at radius 3 is 2.64 bits per heavy atom. The largest absolute Gasteiger partial charge is 0.144 e. The van der Waals surface area contributed by atoms with Crippen LogP contribution in [0, 0.1) is 0 Å². The molecule has 0 radical (unpaired) electrons. The third kappa shape index (κ3) is 2.93. The maximum Gasteiger partial charge on any atom is 0.0409 e. The fourth-order valence-corrected chi connectivity index (χ4v) is 2.65. The number of thiophene rings is 1. The first-order valence-electron chi connectivity index (χ1n) is 3.20. The second-order valence-corrected chi connectivity index (χ2v) is 4.82. The van der Waals surface area contributed by atoms with Gasteiger partial charge >= 0.3 is 0 Å². The van der Waals surface area contributed by atoms with Crippen molar-refractivity contribution in [2.45, 2.75) is 0 Å². The highest BCUT2D eigenvalue weighted by Gasteiger charge is 1.92. The van der Waals surface area contributed by atoms with Crippen LogP contribution in [0.15, 0.2) is 21.7 Å². The summed E-state index contributed by atoms with van der Waals surface area (Å²) in [6, 6.07) is 4.21. The van der Waals surface area contributed by atoms with Crippen molar-refractivity contribution in [1.29, 1.82) is 0 Å². The normalized spacial score (nSPS) is 9.64. The lowest BCUT2D eigenvalue weighted by atomic mass is 10.5. The fourth-order valence-electron chi connectivity index (χ4n) is 0.691. The molecule has 0 bridgehead atoms. The van der Waals surface area contributed by atoms with E-state index in [1.165, 1.54) is 9.11 Å². The van der Waals surface area contributed by atoms with Gasteiger partial charge in [-0.3, -0.25) is 0 Å². The van der Waals surface area contributed by atoms with Crippen molar-refractivity contribution in [3.05, 3.63) is 26.6 Å². The summed E-state index contributed by atoms with van der Waals surface area (Å²) in [5.74, 6) is 0. The Bertz CT molecular complexity index is 217. The van der Waals surface area contributed by atoms with Crippen molar-refractivity contribution in [3.8, 4) is 0 Å². The topological polar surface area (TPSA) is 0 Å². The van der Waals surface area contributed by atoms with Gasteiger partial charge in [-0.2, -0.15) is 0 Å². The summed E-state index contributed by atoms with van der Waals surface area (Å²) in [4.78, 5) is 1.34. The van der Waals surface area contributed by atoms with Gasteiger partial charge in [0.15, 0.2) is 0 Å². The molecule has 11 heavy (non-hydrogen) atoms. The molecular formula is C8H10S3. The summed E-state index contributed by atoms with van der Waals surface area (Å²) >= 11 is 5.38. The minimum absolute atomic E-state index is 1.34. The molecule has 0 N–H and O–H groups in total. The van der Waals surface area contributed by atoms with E-state index in [0.29, 0.717) is 0 Å². The van der Waals surface area contributed by atoms with Crippen LogP contribution in [0.5, 0.6) is 0 Å². The summed E-state index contributed by atoms with van der Waals surface area (Å²) in [6.45, 7) is 0. The van der Waals surface area contributed by atoms with Gasteiger partial charge in [-0.25, -0.2) is 0 Å². The minimum Gasteiger partial charge on any atom is -0.144 e. The van der Waals surface area contributed by atoms with E-state index >= 15 is 0 Å². The van der Waals surface area contributed by atoms with Crippen molar-refractivity contribution in [3.63, 3.8) is 0 Å². The van der Waals surface area contributed by atoms with Gasteiger partial charge in [0.25, 0.3) is 0 Å². The van der Waals surface area contributed by atoms with Crippen LogP contribution in [0.25, 0.3) is 6.08 Å². The molecule has 0 fully saturated rings. The lowest BCUT2D eigenvalue weighted by Gasteiger charge is -1.95. The van der Waals surface area contributed by atoms with Crippen LogP contribution in [0.2, 0.25) is 0 Å². The zero-order valence-electron chi connectivity index (χ0n) is 6.53. The molecule has 0 aliphatic heterocycles. The van der Waals surface area contributed by atoms with Crippen molar-refractivity contribution in [2.75, 3.05) is 12.5 Å². The third-order valence-electron chi connectivity index (χ3n) is 1.21. The van der Waals surface area contributed by atoms with Crippen LogP contribution in [0.3, 0.4) is 0 Å². The highest BCUT2D eigenvalue weighted by Crippen LogP contribution is 2.27. The Morgan fingerprint density at radius 1 is 1.45 bits per heavy atom. The van der Waals surface area contributed by atoms with E-state index in [1.807, 2.05) is 0 Å². The second-order valence-electron chi connectivity index (χ2n) is 1.89. The van der Waals surface area contributed by atoms with Gasteiger partial charge in [0.2, 0.25) is 0 Å². The quantitative estimate of drug-likeness (QED) is 0.731. The molecule has 60 valence electrons. The minimum atomic E-state index is 1.34. The average Bonchev–Trinajstić information content (AvgIpc) is 2.52. The average molecular weight is 202 g/mol. The first-order valence-corrected chi connectivity index (χ1v) is 6.53. The summed E-state index contributed by atoms with van der Waals surface area (Å²) in [5, 5.41) is 2.10. The van der Waals surface area contributed by atoms with Crippen LogP contribution in [-0.4, -0.2) is 12.5 Å². The lowest BCUT2D eigenvalue weighted by Crippen LogP contribution is -1.64. The van der Waals surface area contributed by atoms with E-state index in [0.717, 1.165) is 0 Å². The summed E-state index contributed by atoms with van der Waals surface area (Å²) in [7, 11) is 0. The monoisotopic (exact) mass is 202 g/mol. The molecule has 1 aromatic heterocycles. The van der Waals surface area contributed by atoms with Crippen LogP contribution in [0.4, 0.5) is 0 Å². The molecule has 1 aromatic rings. The highest BCUT2D eigenvalue weighted by atomic mass is 32.2. The van der Waals surface area contributed by atoms with Crippen molar-refractivity contribution >= 4 is 40.9 Å². The molecule has 0 aliphatic carbocycles. The van der Waals surface area contributed by atoms with Gasteiger partial charge in [-0.15, -0.1) is 34.9 Å². The lowest BCUT2D eigenvalue weighted by molar-refractivity contribution is 1.96. The van der Waals surface area contributed by atoms with Gasteiger partial charge in [0.05, 0.1) is 0 Å². The van der Waals surface area contributed by atoms with Gasteiger partial charge in [0, 0.05) is 9.11 Å². The predicted octanol–water partition coefficient (Wildman–Crippen LogP) is 3.77. The predicted molar refractivity (Wildman–Crippen MR) is 59.3 cm³/mol. The standard InChI is InChI=1S/C8H10S3/c1-9-8(10-2)6-7-4-3-5-11-7/h3-6H,1-2H3. The number of hydrogen-bond acceptors (Lipinski definition) is 3. The fraction of sp³-hybridized carbons (Fsp3) is 0.250. The van der Waals surface area contributed by atoms with Crippen molar-refractivity contribution in [1.82, 2.24) is 0 Å². The zero-order chi connectivity index (χ0) is 8.10. The SMILES string of the molecule is CSC(=Cc1cccs1)SC. The molecule has 0 amide bonds. The van der Waals surface area contributed by atoms with Gasteiger partial charge in [-0.1, -0.05) is 6.07 Å². The summed E-state index contributed by atoms with van der Waals surface area (Å²) < 4.78 is 1.37. The molecule has 1 heterocycles. The Balaban J connectivity index is 2.71. The Morgan fingerprint density at radius 2 is 2.18 bits per heavy atom. The Hall–Kier alpha value is 0.140. The second kappa shape index (κ2) is 4.91. The van der Waals surface area contributed by atoms with Crippen LogP contribution in [0.1, 0.15) is 4.88 Å². The molecule has 0 atom stereocenters. The molecule has 0 nitrogen and oxygen atoms in total. The van der Waals surface area contributed by atoms with Crippen LogP contribution >= 0.6 is 34.9 Å². The molecule has 3 heteroatoms. The molecule has 0 saturated carbocycles. The first kappa shape index (κ1) is 9.23. The number of hydrogen-bond donors (Lipinski definition) is 0. The van der Waals surface area contributed by atoms with Crippen LogP contribution < -0.4 is 0 Å². The van der Waals surface area contributed by atoms with E-state index in [-0.39, 0.29) is 0 Å². The zero-order valence-corrected chi connectivity index (χ0v) is 8.98. The molecule has 1 rings (SSSR count).